The number of rotatable bonds is 11. The zero-order chi connectivity index (χ0) is 27.7. The summed E-state index contributed by atoms with van der Waals surface area (Å²) in [6.07, 6.45) is 3.63. The van der Waals surface area contributed by atoms with E-state index < -0.39 is 17.5 Å². The predicted molar refractivity (Wildman–Crippen MR) is 140 cm³/mol. The molecule has 1 saturated carbocycles. The Kier molecular flexibility index (Phi) is 11.0. The minimum Gasteiger partial charge on any atom is -0.462 e. The molecule has 1 N–H and O–H groups in total. The topological polar surface area (TPSA) is 114 Å². The molecule has 1 heterocycles. The molecule has 0 aromatic rings. The van der Waals surface area contributed by atoms with Crippen molar-refractivity contribution >= 4 is 23.8 Å². The minimum atomic E-state index is -0.498. The van der Waals surface area contributed by atoms with Crippen LogP contribution in [0.4, 0.5) is 4.79 Å². The van der Waals surface area contributed by atoms with Crippen LogP contribution in [0.2, 0.25) is 0 Å². The SMILES string of the molecule is COCC(=O)OCC1CN(C(=O)CCNC(=O)OCC2[C@H]3CCC#CCC[C@@H]23)CCN1CC(=O)C(C)(C)C. The molecule has 10 nitrogen and oxygen atoms in total. The summed E-state index contributed by atoms with van der Waals surface area (Å²) in [6, 6.07) is -0.307. The molecule has 38 heavy (non-hydrogen) atoms. The van der Waals surface area contributed by atoms with Crippen LogP contribution >= 0.6 is 0 Å². The summed E-state index contributed by atoms with van der Waals surface area (Å²) in [7, 11) is 1.41. The van der Waals surface area contributed by atoms with Gasteiger partial charge in [-0.25, -0.2) is 9.59 Å². The van der Waals surface area contributed by atoms with Gasteiger partial charge in [-0.15, -0.1) is 11.8 Å². The summed E-state index contributed by atoms with van der Waals surface area (Å²) in [6.45, 7) is 7.60. The number of methoxy groups -OCH3 is 1. The molecule has 3 rings (SSSR count). The number of alkyl carbamates (subject to hydrolysis) is 1. The molecule has 0 aromatic carbocycles. The Hall–Kier alpha value is -2.64. The van der Waals surface area contributed by atoms with Crippen LogP contribution in [0.3, 0.4) is 0 Å². The summed E-state index contributed by atoms with van der Waals surface area (Å²) < 4.78 is 15.6. The van der Waals surface area contributed by atoms with E-state index in [1.807, 2.05) is 25.7 Å². The van der Waals surface area contributed by atoms with E-state index in [9.17, 15) is 19.2 Å². The predicted octanol–water partition coefficient (Wildman–Crippen LogP) is 1.86. The van der Waals surface area contributed by atoms with Crippen molar-refractivity contribution in [3.8, 4) is 11.8 Å². The van der Waals surface area contributed by atoms with Crippen LogP contribution < -0.4 is 5.32 Å². The normalized spacial score (nSPS) is 25.1. The molecule has 2 aliphatic carbocycles. The van der Waals surface area contributed by atoms with Gasteiger partial charge in [-0.2, -0.15) is 0 Å². The zero-order valence-corrected chi connectivity index (χ0v) is 23.3. The number of fused-ring (bicyclic) bond motifs is 1. The van der Waals surface area contributed by atoms with Crippen LogP contribution in [0.5, 0.6) is 0 Å². The van der Waals surface area contributed by atoms with Gasteiger partial charge in [0, 0.05) is 58.0 Å². The van der Waals surface area contributed by atoms with Crippen LogP contribution in [-0.4, -0.2) is 99.2 Å². The molecule has 4 atom stereocenters. The number of esters is 1. The van der Waals surface area contributed by atoms with Crippen LogP contribution in [0, 0.1) is 35.0 Å². The molecule has 10 heteroatoms. The molecular weight excluding hydrogens is 490 g/mol. The van der Waals surface area contributed by atoms with Crippen molar-refractivity contribution in [1.82, 2.24) is 15.1 Å². The van der Waals surface area contributed by atoms with Gasteiger partial charge in [-0.1, -0.05) is 20.8 Å². The number of hydrogen-bond donors (Lipinski definition) is 1. The van der Waals surface area contributed by atoms with E-state index in [1.165, 1.54) is 7.11 Å². The van der Waals surface area contributed by atoms with E-state index in [-0.39, 0.29) is 50.5 Å². The number of ether oxygens (including phenoxy) is 3. The second kappa shape index (κ2) is 13.9. The summed E-state index contributed by atoms with van der Waals surface area (Å²) in [5, 5.41) is 2.69. The average molecular weight is 534 g/mol. The lowest BCUT2D eigenvalue weighted by atomic mass is 9.90. The summed E-state index contributed by atoms with van der Waals surface area (Å²) in [5.41, 5.74) is -0.491. The Morgan fingerprint density at radius 2 is 1.66 bits per heavy atom. The van der Waals surface area contributed by atoms with E-state index in [4.69, 9.17) is 14.2 Å². The quantitative estimate of drug-likeness (QED) is 0.316. The third-order valence-corrected chi connectivity index (χ3v) is 7.69. The molecule has 2 unspecified atom stereocenters. The van der Waals surface area contributed by atoms with Gasteiger partial charge in [-0.05, 0) is 30.6 Å². The number of hydrogen-bond acceptors (Lipinski definition) is 8. The first-order valence-corrected chi connectivity index (χ1v) is 13.7. The van der Waals surface area contributed by atoms with E-state index in [1.54, 1.807) is 4.90 Å². The van der Waals surface area contributed by atoms with Crippen molar-refractivity contribution in [2.75, 3.05) is 59.7 Å². The number of piperazine rings is 1. The highest BCUT2D eigenvalue weighted by atomic mass is 16.6. The maximum absolute atomic E-state index is 12.9. The Balaban J connectivity index is 1.41. The Labute approximate surface area is 226 Å². The number of ketones is 1. The lowest BCUT2D eigenvalue weighted by Gasteiger charge is -2.41. The molecule has 0 aromatic heterocycles. The zero-order valence-electron chi connectivity index (χ0n) is 23.3. The highest BCUT2D eigenvalue weighted by Crippen LogP contribution is 2.52. The molecule has 0 bridgehead atoms. The summed E-state index contributed by atoms with van der Waals surface area (Å²) in [5.74, 6) is 7.47. The Bertz CT molecular complexity index is 902. The molecule has 212 valence electrons. The molecule has 2 fully saturated rings. The fourth-order valence-corrected chi connectivity index (χ4v) is 5.19. The van der Waals surface area contributed by atoms with Crippen LogP contribution in [0.15, 0.2) is 0 Å². The first-order valence-electron chi connectivity index (χ1n) is 13.7. The monoisotopic (exact) mass is 533 g/mol. The van der Waals surface area contributed by atoms with E-state index in [0.717, 1.165) is 25.7 Å². The van der Waals surface area contributed by atoms with Gasteiger partial charge in [-0.3, -0.25) is 14.5 Å². The average Bonchev–Trinajstić information content (AvgIpc) is 3.50. The van der Waals surface area contributed by atoms with E-state index in [2.05, 4.69) is 17.2 Å². The number of amides is 2. The largest absolute Gasteiger partial charge is 0.462 e. The van der Waals surface area contributed by atoms with Gasteiger partial charge in [0.25, 0.3) is 0 Å². The van der Waals surface area contributed by atoms with Crippen LogP contribution in [0.1, 0.15) is 52.9 Å². The Morgan fingerprint density at radius 3 is 2.29 bits per heavy atom. The first-order chi connectivity index (χ1) is 18.1. The van der Waals surface area contributed by atoms with Crippen LogP contribution in [0.25, 0.3) is 0 Å². The third-order valence-electron chi connectivity index (χ3n) is 7.69. The van der Waals surface area contributed by atoms with Crippen molar-refractivity contribution < 1.29 is 33.4 Å². The summed E-state index contributed by atoms with van der Waals surface area (Å²) in [4.78, 5) is 53.2. The number of nitrogens with zero attached hydrogens (tertiary/aromatic N) is 2. The molecule has 3 aliphatic rings. The number of carbonyl (C=O) groups excluding carboxylic acids is 4. The van der Waals surface area contributed by atoms with Crippen molar-refractivity contribution in [1.29, 1.82) is 0 Å². The standard InChI is InChI=1S/C28H43N3O7/c1-28(2,3)24(32)16-30-13-14-31(15-20(30)17-37-26(34)19-36-4)25(33)11-12-29-27(35)38-18-23-21-9-7-5-6-8-10-22(21)23/h20-23H,7-19H2,1-4H3,(H,29,35)/t20?,21-,22+,23?. The molecule has 0 spiro atoms. The number of carbonyl (C=O) groups is 4. The molecular formula is C28H43N3O7. The van der Waals surface area contributed by atoms with Crippen molar-refractivity contribution in [2.24, 2.45) is 23.2 Å². The van der Waals surface area contributed by atoms with Gasteiger partial charge < -0.3 is 24.4 Å². The second-order valence-electron chi connectivity index (χ2n) is 11.5. The van der Waals surface area contributed by atoms with E-state index in [0.29, 0.717) is 44.0 Å². The number of Topliss-reactive ketones (excluding diaryl/α,β-unsaturated/α-hetero) is 1. The van der Waals surface area contributed by atoms with Gasteiger partial charge in [0.15, 0.2) is 5.78 Å². The van der Waals surface area contributed by atoms with Crippen LogP contribution in [-0.2, 0) is 28.6 Å². The molecule has 2 amide bonds. The highest BCUT2D eigenvalue weighted by molar-refractivity contribution is 5.85. The lowest BCUT2D eigenvalue weighted by Crippen LogP contribution is -2.58. The Morgan fingerprint density at radius 1 is 0.974 bits per heavy atom. The van der Waals surface area contributed by atoms with E-state index >= 15 is 0 Å². The second-order valence-corrected chi connectivity index (χ2v) is 11.5. The summed E-state index contributed by atoms with van der Waals surface area (Å²) >= 11 is 0. The highest BCUT2D eigenvalue weighted by Gasteiger charge is 2.49. The maximum Gasteiger partial charge on any atom is 0.407 e. The fourth-order valence-electron chi connectivity index (χ4n) is 5.19. The third kappa shape index (κ3) is 8.98. The lowest BCUT2D eigenvalue weighted by molar-refractivity contribution is -0.151. The maximum atomic E-state index is 12.9. The smallest absolute Gasteiger partial charge is 0.407 e. The van der Waals surface area contributed by atoms with Gasteiger partial charge in [0.1, 0.15) is 13.2 Å². The van der Waals surface area contributed by atoms with Crippen molar-refractivity contribution in [3.05, 3.63) is 0 Å². The first kappa shape index (κ1) is 29.9. The molecule has 1 aliphatic heterocycles. The van der Waals surface area contributed by atoms with Crippen molar-refractivity contribution in [2.45, 2.75) is 58.9 Å². The molecule has 0 radical (unpaired) electrons. The van der Waals surface area contributed by atoms with Gasteiger partial charge in [0.05, 0.1) is 19.2 Å². The number of nitrogens with one attached hydrogen (secondary N) is 1. The fraction of sp³-hybridized carbons (Fsp3) is 0.786. The van der Waals surface area contributed by atoms with Crippen molar-refractivity contribution in [3.63, 3.8) is 0 Å². The molecule has 1 saturated heterocycles. The van der Waals surface area contributed by atoms with Gasteiger partial charge >= 0.3 is 12.1 Å². The minimum absolute atomic E-state index is 0.0588. The van der Waals surface area contributed by atoms with Gasteiger partial charge in [0.2, 0.25) is 5.91 Å².